The molecule has 0 unspecified atom stereocenters. The van der Waals surface area contributed by atoms with E-state index in [1.807, 2.05) is 12.1 Å². The van der Waals surface area contributed by atoms with Crippen LogP contribution in [-0.4, -0.2) is 41.4 Å². The Balaban J connectivity index is 1.82. The third-order valence-corrected chi connectivity index (χ3v) is 3.27. The summed E-state index contributed by atoms with van der Waals surface area (Å²) in [5.74, 6) is 2.25. The number of aryl methyl sites for hydroxylation is 1. The van der Waals surface area contributed by atoms with E-state index in [0.717, 1.165) is 50.5 Å². The Bertz CT molecular complexity index is 564. The molecule has 0 radical (unpaired) electrons. The molecule has 0 atom stereocenters. The highest BCUT2D eigenvalue weighted by Crippen LogP contribution is 2.21. The van der Waals surface area contributed by atoms with Gasteiger partial charge in [-0.05, 0) is 18.6 Å². The van der Waals surface area contributed by atoms with Crippen molar-refractivity contribution in [2.75, 3.05) is 31.2 Å². The topological polar surface area (TPSA) is 64.3 Å². The highest BCUT2D eigenvalue weighted by Gasteiger charge is 2.14. The van der Waals surface area contributed by atoms with Crippen LogP contribution in [-0.2, 0) is 11.2 Å². The van der Waals surface area contributed by atoms with Gasteiger partial charge in [0, 0.05) is 31.3 Å². The summed E-state index contributed by atoms with van der Waals surface area (Å²) >= 11 is 0. The van der Waals surface area contributed by atoms with Gasteiger partial charge < -0.3 is 14.2 Å². The van der Waals surface area contributed by atoms with Crippen LogP contribution in [0, 0.1) is 0 Å². The first-order valence-corrected chi connectivity index (χ1v) is 6.98. The van der Waals surface area contributed by atoms with Gasteiger partial charge in [-0.3, -0.25) is 0 Å². The van der Waals surface area contributed by atoms with Crippen molar-refractivity contribution in [1.82, 2.24) is 15.1 Å². The molecule has 106 valence electrons. The van der Waals surface area contributed by atoms with Crippen LogP contribution in [0.1, 0.15) is 19.2 Å². The number of pyridine rings is 1. The monoisotopic (exact) mass is 274 g/mol. The Morgan fingerprint density at radius 3 is 2.95 bits per heavy atom. The maximum atomic E-state index is 5.36. The van der Waals surface area contributed by atoms with Crippen molar-refractivity contribution in [3.8, 4) is 11.4 Å². The van der Waals surface area contributed by atoms with Crippen molar-refractivity contribution in [2.45, 2.75) is 19.8 Å². The van der Waals surface area contributed by atoms with Crippen LogP contribution >= 0.6 is 0 Å². The van der Waals surface area contributed by atoms with Gasteiger partial charge in [0.15, 0.2) is 0 Å². The Labute approximate surface area is 117 Å². The van der Waals surface area contributed by atoms with Crippen molar-refractivity contribution in [1.29, 1.82) is 0 Å². The first-order chi connectivity index (χ1) is 9.86. The number of morpholine rings is 1. The summed E-state index contributed by atoms with van der Waals surface area (Å²) in [6.45, 7) is 5.31. The molecular formula is C14H18N4O2. The highest BCUT2D eigenvalue weighted by atomic mass is 16.5. The SMILES string of the molecule is CCCc1nc(-c2ccnc(N3CCOCC3)c2)no1. The van der Waals surface area contributed by atoms with Gasteiger partial charge in [-0.2, -0.15) is 4.98 Å². The fourth-order valence-corrected chi connectivity index (χ4v) is 2.21. The van der Waals surface area contributed by atoms with Crippen molar-refractivity contribution in [2.24, 2.45) is 0 Å². The number of aromatic nitrogens is 3. The van der Waals surface area contributed by atoms with E-state index in [2.05, 4.69) is 26.9 Å². The molecule has 0 saturated carbocycles. The molecule has 0 N–H and O–H groups in total. The highest BCUT2D eigenvalue weighted by molar-refractivity contribution is 5.59. The van der Waals surface area contributed by atoms with Crippen LogP contribution in [0.5, 0.6) is 0 Å². The van der Waals surface area contributed by atoms with E-state index in [9.17, 15) is 0 Å². The van der Waals surface area contributed by atoms with E-state index in [0.29, 0.717) is 11.7 Å². The van der Waals surface area contributed by atoms with Gasteiger partial charge >= 0.3 is 0 Å². The van der Waals surface area contributed by atoms with E-state index >= 15 is 0 Å². The zero-order valence-electron chi connectivity index (χ0n) is 11.6. The Morgan fingerprint density at radius 1 is 1.30 bits per heavy atom. The van der Waals surface area contributed by atoms with Crippen LogP contribution in [0.2, 0.25) is 0 Å². The summed E-state index contributed by atoms with van der Waals surface area (Å²) in [6, 6.07) is 3.91. The summed E-state index contributed by atoms with van der Waals surface area (Å²) in [4.78, 5) is 11.0. The molecule has 0 bridgehead atoms. The average molecular weight is 274 g/mol. The number of anilines is 1. The molecule has 0 amide bonds. The van der Waals surface area contributed by atoms with Crippen LogP contribution in [0.15, 0.2) is 22.9 Å². The molecule has 6 nitrogen and oxygen atoms in total. The van der Waals surface area contributed by atoms with Crippen LogP contribution in [0.3, 0.4) is 0 Å². The van der Waals surface area contributed by atoms with Crippen molar-refractivity contribution in [3.63, 3.8) is 0 Å². The first kappa shape index (κ1) is 13.1. The quantitative estimate of drug-likeness (QED) is 0.848. The first-order valence-electron chi connectivity index (χ1n) is 6.98. The number of hydrogen-bond donors (Lipinski definition) is 0. The minimum Gasteiger partial charge on any atom is -0.378 e. The summed E-state index contributed by atoms with van der Waals surface area (Å²) in [6.07, 6.45) is 3.60. The summed E-state index contributed by atoms with van der Waals surface area (Å²) in [7, 11) is 0. The molecule has 3 heterocycles. The second-order valence-corrected chi connectivity index (χ2v) is 4.76. The minimum atomic E-state index is 0.630. The Kier molecular flexibility index (Phi) is 3.92. The molecule has 3 rings (SSSR count). The van der Waals surface area contributed by atoms with Gasteiger partial charge in [0.2, 0.25) is 11.7 Å². The zero-order chi connectivity index (χ0) is 13.8. The molecule has 6 heteroatoms. The third kappa shape index (κ3) is 2.80. The summed E-state index contributed by atoms with van der Waals surface area (Å²) in [5.41, 5.74) is 0.938. The van der Waals surface area contributed by atoms with Gasteiger partial charge in [0.1, 0.15) is 5.82 Å². The molecular weight excluding hydrogens is 256 g/mol. The maximum Gasteiger partial charge on any atom is 0.226 e. The molecule has 1 aliphatic heterocycles. The van der Waals surface area contributed by atoms with E-state index in [1.165, 1.54) is 0 Å². The normalized spacial score (nSPS) is 15.6. The Morgan fingerprint density at radius 2 is 2.15 bits per heavy atom. The Hall–Kier alpha value is -1.95. The lowest BCUT2D eigenvalue weighted by Gasteiger charge is -2.27. The van der Waals surface area contributed by atoms with Gasteiger partial charge in [0.25, 0.3) is 0 Å². The van der Waals surface area contributed by atoms with Gasteiger partial charge in [-0.25, -0.2) is 4.98 Å². The molecule has 2 aromatic heterocycles. The van der Waals surface area contributed by atoms with Gasteiger partial charge in [0.05, 0.1) is 13.2 Å². The van der Waals surface area contributed by atoms with E-state index < -0.39 is 0 Å². The molecule has 0 aromatic carbocycles. The van der Waals surface area contributed by atoms with Crippen LogP contribution in [0.25, 0.3) is 11.4 Å². The van der Waals surface area contributed by atoms with E-state index in [4.69, 9.17) is 9.26 Å². The molecule has 1 aliphatic rings. The lowest BCUT2D eigenvalue weighted by molar-refractivity contribution is 0.122. The minimum absolute atomic E-state index is 0.630. The number of rotatable bonds is 4. The smallest absolute Gasteiger partial charge is 0.226 e. The molecule has 20 heavy (non-hydrogen) atoms. The molecule has 0 aliphatic carbocycles. The standard InChI is InChI=1S/C14H18N4O2/c1-2-3-13-16-14(17-20-13)11-4-5-15-12(10-11)18-6-8-19-9-7-18/h4-5,10H,2-3,6-9H2,1H3. The van der Waals surface area contributed by atoms with E-state index in [1.54, 1.807) is 6.20 Å². The second kappa shape index (κ2) is 6.00. The van der Waals surface area contributed by atoms with Crippen molar-refractivity contribution in [3.05, 3.63) is 24.2 Å². The second-order valence-electron chi connectivity index (χ2n) is 4.76. The van der Waals surface area contributed by atoms with Crippen LogP contribution < -0.4 is 4.90 Å². The lowest BCUT2D eigenvalue weighted by atomic mass is 10.2. The molecule has 1 fully saturated rings. The number of hydrogen-bond acceptors (Lipinski definition) is 6. The van der Waals surface area contributed by atoms with Crippen LogP contribution in [0.4, 0.5) is 5.82 Å². The number of nitrogens with zero attached hydrogens (tertiary/aromatic N) is 4. The predicted octanol–water partition coefficient (Wildman–Crippen LogP) is 1.92. The average Bonchev–Trinajstić information content (AvgIpc) is 2.97. The largest absolute Gasteiger partial charge is 0.378 e. The maximum absolute atomic E-state index is 5.36. The van der Waals surface area contributed by atoms with Gasteiger partial charge in [-0.15, -0.1) is 0 Å². The fourth-order valence-electron chi connectivity index (χ4n) is 2.21. The van der Waals surface area contributed by atoms with Crippen molar-refractivity contribution >= 4 is 5.82 Å². The van der Waals surface area contributed by atoms with Gasteiger partial charge in [-0.1, -0.05) is 12.1 Å². The zero-order valence-corrected chi connectivity index (χ0v) is 11.6. The fraction of sp³-hybridized carbons (Fsp3) is 0.500. The summed E-state index contributed by atoms with van der Waals surface area (Å²) in [5, 5.41) is 4.03. The molecule has 2 aromatic rings. The molecule has 1 saturated heterocycles. The predicted molar refractivity (Wildman–Crippen MR) is 74.6 cm³/mol. The van der Waals surface area contributed by atoms with E-state index in [-0.39, 0.29) is 0 Å². The van der Waals surface area contributed by atoms with Crippen molar-refractivity contribution < 1.29 is 9.26 Å². The summed E-state index contributed by atoms with van der Waals surface area (Å²) < 4.78 is 10.6. The third-order valence-electron chi connectivity index (χ3n) is 3.27. The lowest BCUT2D eigenvalue weighted by Crippen LogP contribution is -2.36. The number of ether oxygens (including phenoxy) is 1. The molecule has 0 spiro atoms.